The van der Waals surface area contributed by atoms with Gasteiger partial charge in [0.25, 0.3) is 5.91 Å². The Morgan fingerprint density at radius 1 is 1.00 bits per heavy atom. The number of anilines is 1. The van der Waals surface area contributed by atoms with Crippen LogP contribution in [0.2, 0.25) is 0 Å². The van der Waals surface area contributed by atoms with Crippen molar-refractivity contribution in [3.63, 3.8) is 0 Å². The molecule has 1 aromatic heterocycles. The zero-order chi connectivity index (χ0) is 20.9. The summed E-state index contributed by atoms with van der Waals surface area (Å²) in [6.07, 6.45) is -8.82. The molecule has 0 aliphatic rings. The molecule has 0 atom stereocenters. The van der Waals surface area contributed by atoms with E-state index >= 15 is 0 Å². The number of alkyl halides is 6. The summed E-state index contributed by atoms with van der Waals surface area (Å²) in [5.74, 6) is -0.879. The van der Waals surface area contributed by atoms with Crippen molar-refractivity contribution < 1.29 is 40.6 Å². The molecule has 0 fully saturated rings. The van der Waals surface area contributed by atoms with Gasteiger partial charge in [0.05, 0.1) is 17.7 Å². The number of benzene rings is 1. The zero-order valence-electron chi connectivity index (χ0n) is 14.3. The number of hydrogen-bond acceptors (Lipinski definition) is 4. The number of nitrogens with one attached hydrogen (secondary N) is 1. The van der Waals surface area contributed by atoms with Crippen molar-refractivity contribution in [1.82, 2.24) is 4.98 Å². The summed E-state index contributed by atoms with van der Waals surface area (Å²) in [7, 11) is 1.45. The van der Waals surface area contributed by atoms with Gasteiger partial charge < -0.3 is 14.8 Å². The van der Waals surface area contributed by atoms with Gasteiger partial charge in [-0.3, -0.25) is 4.79 Å². The van der Waals surface area contributed by atoms with Crippen molar-refractivity contribution in [2.24, 2.45) is 0 Å². The lowest BCUT2D eigenvalue weighted by molar-refractivity contribution is -0.143. The summed E-state index contributed by atoms with van der Waals surface area (Å²) in [6, 6.07) is 3.25. The molecule has 0 aliphatic carbocycles. The van der Waals surface area contributed by atoms with E-state index in [0.717, 1.165) is 0 Å². The molecule has 0 saturated heterocycles. The molecule has 0 radical (unpaired) electrons. The highest BCUT2D eigenvalue weighted by molar-refractivity contribution is 6.04. The third-order valence-electron chi connectivity index (χ3n) is 3.38. The van der Waals surface area contributed by atoms with E-state index < -0.39 is 35.1 Å². The fraction of sp³-hybridized carbons (Fsp3) is 0.294. The number of pyridine rings is 1. The van der Waals surface area contributed by atoms with Crippen LogP contribution in [-0.2, 0) is 17.1 Å². The van der Waals surface area contributed by atoms with Gasteiger partial charge in [0.1, 0.15) is 6.61 Å². The first-order valence-corrected chi connectivity index (χ1v) is 7.69. The Kier molecular flexibility index (Phi) is 6.49. The van der Waals surface area contributed by atoms with E-state index in [0.29, 0.717) is 12.1 Å². The van der Waals surface area contributed by atoms with E-state index in [1.165, 1.54) is 25.4 Å². The van der Waals surface area contributed by atoms with E-state index in [-0.39, 0.29) is 30.7 Å². The second-order valence-corrected chi connectivity index (χ2v) is 5.47. The number of nitrogens with zero attached hydrogens (tertiary/aromatic N) is 1. The van der Waals surface area contributed by atoms with E-state index in [1.807, 2.05) is 5.32 Å². The molecule has 1 aromatic carbocycles. The molecule has 152 valence electrons. The lowest BCUT2D eigenvalue weighted by Crippen LogP contribution is -2.16. The van der Waals surface area contributed by atoms with E-state index in [2.05, 4.69) is 4.98 Å². The first-order chi connectivity index (χ1) is 13.0. The van der Waals surface area contributed by atoms with Crippen molar-refractivity contribution in [3.05, 3.63) is 53.2 Å². The molecule has 0 spiro atoms. The number of methoxy groups -OCH3 is 1. The van der Waals surface area contributed by atoms with Crippen LogP contribution >= 0.6 is 0 Å². The van der Waals surface area contributed by atoms with E-state index in [4.69, 9.17) is 9.47 Å². The van der Waals surface area contributed by atoms with Gasteiger partial charge in [0, 0.05) is 30.6 Å². The van der Waals surface area contributed by atoms with E-state index in [1.54, 1.807) is 0 Å². The minimum Gasteiger partial charge on any atom is -0.475 e. The predicted molar refractivity (Wildman–Crippen MR) is 86.0 cm³/mol. The lowest BCUT2D eigenvalue weighted by Gasteiger charge is -2.15. The largest absolute Gasteiger partial charge is 0.475 e. The Morgan fingerprint density at radius 2 is 1.61 bits per heavy atom. The van der Waals surface area contributed by atoms with Crippen LogP contribution in [0.4, 0.5) is 32.0 Å². The second-order valence-electron chi connectivity index (χ2n) is 5.47. The standard InChI is InChI=1S/C17H14F6N2O3/c1-27-4-5-28-14-6-10(2-3-24-14)15(26)25-13-8-11(16(18,19)20)7-12(9-13)17(21,22)23/h2-3,6-9H,4-5H2,1H3,(H,25,26). The fourth-order valence-electron chi connectivity index (χ4n) is 2.09. The molecule has 2 rings (SSSR count). The van der Waals surface area contributed by atoms with Crippen LogP contribution in [0.15, 0.2) is 36.5 Å². The maximum Gasteiger partial charge on any atom is 0.416 e. The number of hydrogen-bond donors (Lipinski definition) is 1. The highest BCUT2D eigenvalue weighted by Crippen LogP contribution is 2.37. The maximum atomic E-state index is 12.9. The SMILES string of the molecule is COCCOc1cc(C(=O)Nc2cc(C(F)(F)F)cc(C(F)(F)F)c2)ccn1. The third-order valence-corrected chi connectivity index (χ3v) is 3.38. The average molecular weight is 408 g/mol. The number of carbonyl (C=O) groups is 1. The molecule has 2 aromatic rings. The number of amides is 1. The normalized spacial score (nSPS) is 12.0. The molecular weight excluding hydrogens is 394 g/mol. The van der Waals surface area contributed by atoms with Gasteiger partial charge in [-0.1, -0.05) is 0 Å². The topological polar surface area (TPSA) is 60.5 Å². The second kappa shape index (κ2) is 8.46. The van der Waals surface area contributed by atoms with Crippen LogP contribution in [-0.4, -0.2) is 31.2 Å². The Hall–Kier alpha value is -2.82. The Labute approximate surface area is 155 Å². The van der Waals surface area contributed by atoms with Crippen LogP contribution < -0.4 is 10.1 Å². The molecule has 1 heterocycles. The summed E-state index contributed by atoms with van der Waals surface area (Å²) in [4.78, 5) is 16.1. The van der Waals surface area contributed by atoms with Gasteiger partial charge in [-0.25, -0.2) is 4.98 Å². The van der Waals surface area contributed by atoms with Crippen molar-refractivity contribution in [1.29, 1.82) is 0 Å². The number of rotatable bonds is 6. The van der Waals surface area contributed by atoms with Gasteiger partial charge in [-0.15, -0.1) is 0 Å². The number of ether oxygens (including phenoxy) is 2. The predicted octanol–water partition coefficient (Wildman–Crippen LogP) is 4.40. The van der Waals surface area contributed by atoms with Crippen LogP contribution in [0.25, 0.3) is 0 Å². The summed E-state index contributed by atoms with van der Waals surface area (Å²) in [6.45, 7) is 0.389. The molecule has 0 aliphatic heterocycles. The zero-order valence-corrected chi connectivity index (χ0v) is 14.3. The van der Waals surface area contributed by atoms with Gasteiger partial charge >= 0.3 is 12.4 Å². The molecule has 0 bridgehead atoms. The Morgan fingerprint density at radius 3 is 2.14 bits per heavy atom. The molecule has 5 nitrogen and oxygen atoms in total. The van der Waals surface area contributed by atoms with Gasteiger partial charge in [-0.05, 0) is 24.3 Å². The summed E-state index contributed by atoms with van der Waals surface area (Å²) < 4.78 is 87.3. The van der Waals surface area contributed by atoms with Crippen molar-refractivity contribution in [2.45, 2.75) is 12.4 Å². The minimum atomic E-state index is -5.01. The van der Waals surface area contributed by atoms with Crippen LogP contribution in [0.1, 0.15) is 21.5 Å². The smallest absolute Gasteiger partial charge is 0.416 e. The van der Waals surface area contributed by atoms with E-state index in [9.17, 15) is 31.1 Å². The fourth-order valence-corrected chi connectivity index (χ4v) is 2.09. The van der Waals surface area contributed by atoms with Crippen molar-refractivity contribution in [3.8, 4) is 5.88 Å². The molecule has 0 saturated carbocycles. The third kappa shape index (κ3) is 5.84. The number of carbonyl (C=O) groups excluding carboxylic acids is 1. The Bertz CT molecular complexity index is 804. The van der Waals surface area contributed by atoms with Crippen LogP contribution in [0, 0.1) is 0 Å². The number of aromatic nitrogens is 1. The number of halogens is 6. The van der Waals surface area contributed by atoms with Crippen molar-refractivity contribution in [2.75, 3.05) is 25.6 Å². The Balaban J connectivity index is 2.27. The molecule has 0 unspecified atom stereocenters. The highest BCUT2D eigenvalue weighted by Gasteiger charge is 2.37. The quantitative estimate of drug-likeness (QED) is 0.569. The summed E-state index contributed by atoms with van der Waals surface area (Å²) in [5.41, 5.74) is -3.77. The summed E-state index contributed by atoms with van der Waals surface area (Å²) in [5, 5.41) is 2.03. The summed E-state index contributed by atoms with van der Waals surface area (Å²) >= 11 is 0. The molecule has 1 N–H and O–H groups in total. The monoisotopic (exact) mass is 408 g/mol. The highest BCUT2D eigenvalue weighted by atomic mass is 19.4. The average Bonchev–Trinajstić information content (AvgIpc) is 2.60. The van der Waals surface area contributed by atoms with Crippen LogP contribution in [0.5, 0.6) is 5.88 Å². The van der Waals surface area contributed by atoms with Gasteiger partial charge in [0.2, 0.25) is 5.88 Å². The molecular formula is C17H14F6N2O3. The van der Waals surface area contributed by atoms with Gasteiger partial charge in [-0.2, -0.15) is 26.3 Å². The molecule has 28 heavy (non-hydrogen) atoms. The molecule has 11 heteroatoms. The minimum absolute atomic E-state index is 0.0240. The maximum absolute atomic E-state index is 12.9. The molecule has 1 amide bonds. The van der Waals surface area contributed by atoms with Crippen LogP contribution in [0.3, 0.4) is 0 Å². The lowest BCUT2D eigenvalue weighted by atomic mass is 10.1. The first-order valence-electron chi connectivity index (χ1n) is 7.69. The first kappa shape index (κ1) is 21.5. The van der Waals surface area contributed by atoms with Crippen molar-refractivity contribution >= 4 is 11.6 Å². The van der Waals surface area contributed by atoms with Gasteiger partial charge in [0.15, 0.2) is 0 Å².